The van der Waals surface area contributed by atoms with E-state index in [1.165, 1.54) is 10.9 Å². The van der Waals surface area contributed by atoms with Crippen molar-refractivity contribution in [2.24, 2.45) is 7.05 Å². The Labute approximate surface area is 119 Å². The average molecular weight is 292 g/mol. The van der Waals surface area contributed by atoms with E-state index < -0.39 is 16.8 Å². The molecule has 0 aliphatic carbocycles. The van der Waals surface area contributed by atoms with Gasteiger partial charge in [0.15, 0.2) is 0 Å². The van der Waals surface area contributed by atoms with Gasteiger partial charge in [0.25, 0.3) is 0 Å². The van der Waals surface area contributed by atoms with Gasteiger partial charge >= 0.3 is 5.97 Å². The molecule has 0 saturated carbocycles. The van der Waals surface area contributed by atoms with Crippen molar-refractivity contribution in [1.29, 1.82) is 0 Å². The van der Waals surface area contributed by atoms with Crippen molar-refractivity contribution < 1.29 is 14.1 Å². The lowest BCUT2D eigenvalue weighted by atomic mass is 10.1. The first-order valence-electron chi connectivity index (χ1n) is 6.10. The highest BCUT2D eigenvalue weighted by Crippen LogP contribution is 2.18. The number of hydrogen-bond acceptors (Lipinski definition) is 3. The van der Waals surface area contributed by atoms with Crippen molar-refractivity contribution in [2.75, 3.05) is 0 Å². The maximum Gasteiger partial charge on any atom is 0.339 e. The molecule has 1 aromatic carbocycles. The number of rotatable bonds is 4. The Kier molecular flexibility index (Phi) is 4.04. The third-order valence-electron chi connectivity index (χ3n) is 3.30. The first-order chi connectivity index (χ1) is 9.40. The van der Waals surface area contributed by atoms with Gasteiger partial charge in [0.2, 0.25) is 0 Å². The third-order valence-corrected chi connectivity index (χ3v) is 4.62. The summed E-state index contributed by atoms with van der Waals surface area (Å²) in [6.45, 7) is 3.95. The van der Waals surface area contributed by atoms with Crippen molar-refractivity contribution in [1.82, 2.24) is 9.78 Å². The normalized spacial score (nSPS) is 12.3. The van der Waals surface area contributed by atoms with Crippen molar-refractivity contribution in [3.8, 4) is 0 Å². The van der Waals surface area contributed by atoms with Gasteiger partial charge in [-0.15, -0.1) is 0 Å². The highest BCUT2D eigenvalue weighted by molar-refractivity contribution is 7.84. The lowest BCUT2D eigenvalue weighted by Gasteiger charge is -2.07. The summed E-state index contributed by atoms with van der Waals surface area (Å²) in [5.41, 5.74) is 2.77. The van der Waals surface area contributed by atoms with Crippen molar-refractivity contribution in [3.05, 3.63) is 46.8 Å². The summed E-state index contributed by atoms with van der Waals surface area (Å²) in [7, 11) is 0.360. The van der Waals surface area contributed by atoms with Gasteiger partial charge in [-0.3, -0.25) is 8.89 Å². The van der Waals surface area contributed by atoms with E-state index in [1.54, 1.807) is 7.05 Å². The minimum atomic E-state index is -1.29. The monoisotopic (exact) mass is 292 g/mol. The van der Waals surface area contributed by atoms with Crippen LogP contribution in [0.4, 0.5) is 0 Å². The zero-order valence-electron chi connectivity index (χ0n) is 11.6. The Hall–Kier alpha value is -1.95. The molecule has 2 rings (SSSR count). The van der Waals surface area contributed by atoms with E-state index in [2.05, 4.69) is 5.10 Å². The summed E-state index contributed by atoms with van der Waals surface area (Å²) in [5.74, 6) is -0.911. The number of aryl methyl sites for hydroxylation is 3. The van der Waals surface area contributed by atoms with Gasteiger partial charge in [-0.1, -0.05) is 6.07 Å². The molecule has 0 bridgehead atoms. The molecule has 0 aliphatic rings. The molecule has 106 valence electrons. The van der Waals surface area contributed by atoms with Gasteiger partial charge in [0, 0.05) is 11.9 Å². The molecule has 6 heteroatoms. The van der Waals surface area contributed by atoms with Gasteiger partial charge in [0.1, 0.15) is 5.56 Å². The van der Waals surface area contributed by atoms with E-state index in [4.69, 9.17) is 5.11 Å². The van der Waals surface area contributed by atoms with E-state index in [1.807, 2.05) is 32.0 Å². The largest absolute Gasteiger partial charge is 0.478 e. The number of aromatic carboxylic acids is 1. The molecular weight excluding hydrogens is 276 g/mol. The SMILES string of the molecule is Cc1ccc(S(=O)Cc2c(C(=O)O)cnn2C)cc1C. The van der Waals surface area contributed by atoms with Gasteiger partial charge in [-0.25, -0.2) is 4.79 Å². The Morgan fingerprint density at radius 3 is 2.65 bits per heavy atom. The second-order valence-corrected chi connectivity index (χ2v) is 6.12. The molecular formula is C14H16N2O3S. The Morgan fingerprint density at radius 1 is 1.35 bits per heavy atom. The second-order valence-electron chi connectivity index (χ2n) is 4.67. The fourth-order valence-electron chi connectivity index (χ4n) is 1.88. The zero-order chi connectivity index (χ0) is 14.9. The fraction of sp³-hybridized carbons (Fsp3) is 0.286. The molecule has 0 radical (unpaired) electrons. The van der Waals surface area contributed by atoms with E-state index >= 15 is 0 Å². The molecule has 20 heavy (non-hydrogen) atoms. The standard InChI is InChI=1S/C14H16N2O3S/c1-9-4-5-11(6-10(9)2)20(19)8-13-12(14(17)18)7-15-16(13)3/h4-7H,8H2,1-3H3,(H,17,18). The molecule has 2 aromatic rings. The summed E-state index contributed by atoms with van der Waals surface area (Å²) >= 11 is 0. The van der Waals surface area contributed by atoms with Crippen LogP contribution in [0.2, 0.25) is 0 Å². The summed E-state index contributed by atoms with van der Waals surface area (Å²) in [4.78, 5) is 11.8. The lowest BCUT2D eigenvalue weighted by molar-refractivity contribution is 0.0696. The lowest BCUT2D eigenvalue weighted by Crippen LogP contribution is -2.08. The number of carboxylic acid groups (broad SMARTS) is 1. The number of nitrogens with zero attached hydrogens (tertiary/aromatic N) is 2. The number of aromatic nitrogens is 2. The third kappa shape index (κ3) is 2.80. The number of hydrogen-bond donors (Lipinski definition) is 1. The average Bonchev–Trinajstić information content (AvgIpc) is 2.74. The fourth-order valence-corrected chi connectivity index (χ4v) is 3.16. The summed E-state index contributed by atoms with van der Waals surface area (Å²) < 4.78 is 13.8. The summed E-state index contributed by atoms with van der Waals surface area (Å²) in [5, 5.41) is 13.0. The minimum absolute atomic E-state index is 0.102. The van der Waals surface area contributed by atoms with Crippen LogP contribution in [0.3, 0.4) is 0 Å². The van der Waals surface area contributed by atoms with Crippen LogP contribution in [0.25, 0.3) is 0 Å². The highest BCUT2D eigenvalue weighted by atomic mass is 32.2. The summed E-state index contributed by atoms with van der Waals surface area (Å²) in [6.07, 6.45) is 1.29. The Balaban J connectivity index is 2.30. The van der Waals surface area contributed by atoms with Crippen LogP contribution in [0, 0.1) is 13.8 Å². The van der Waals surface area contributed by atoms with E-state index in [0.717, 1.165) is 11.1 Å². The molecule has 1 heterocycles. The van der Waals surface area contributed by atoms with Gasteiger partial charge in [0.05, 0.1) is 28.4 Å². The van der Waals surface area contributed by atoms with Crippen molar-refractivity contribution in [3.63, 3.8) is 0 Å². The topological polar surface area (TPSA) is 72.2 Å². The maximum absolute atomic E-state index is 12.4. The van der Waals surface area contributed by atoms with Gasteiger partial charge in [-0.2, -0.15) is 5.10 Å². The Bertz CT molecular complexity index is 692. The van der Waals surface area contributed by atoms with Crippen LogP contribution in [0.15, 0.2) is 29.3 Å². The van der Waals surface area contributed by atoms with E-state index in [-0.39, 0.29) is 11.3 Å². The van der Waals surface area contributed by atoms with Crippen LogP contribution in [0.1, 0.15) is 27.2 Å². The molecule has 1 aromatic heterocycles. The van der Waals surface area contributed by atoms with Crippen LogP contribution < -0.4 is 0 Å². The molecule has 0 spiro atoms. The quantitative estimate of drug-likeness (QED) is 0.936. The minimum Gasteiger partial charge on any atom is -0.478 e. The smallest absolute Gasteiger partial charge is 0.339 e. The van der Waals surface area contributed by atoms with Crippen LogP contribution >= 0.6 is 0 Å². The van der Waals surface area contributed by atoms with E-state index in [0.29, 0.717) is 10.6 Å². The molecule has 5 nitrogen and oxygen atoms in total. The molecule has 1 N–H and O–H groups in total. The number of carboxylic acids is 1. The van der Waals surface area contributed by atoms with Crippen molar-refractivity contribution in [2.45, 2.75) is 24.5 Å². The number of carbonyl (C=O) groups is 1. The van der Waals surface area contributed by atoms with Crippen LogP contribution in [-0.4, -0.2) is 25.1 Å². The van der Waals surface area contributed by atoms with Crippen LogP contribution in [0.5, 0.6) is 0 Å². The maximum atomic E-state index is 12.4. The molecule has 0 amide bonds. The van der Waals surface area contributed by atoms with E-state index in [9.17, 15) is 9.00 Å². The molecule has 1 atom stereocenters. The van der Waals surface area contributed by atoms with Gasteiger partial charge in [-0.05, 0) is 37.1 Å². The molecule has 0 saturated heterocycles. The second kappa shape index (κ2) is 5.58. The molecule has 1 unspecified atom stereocenters. The Morgan fingerprint density at radius 2 is 2.05 bits per heavy atom. The molecule has 0 aliphatic heterocycles. The van der Waals surface area contributed by atoms with Crippen molar-refractivity contribution >= 4 is 16.8 Å². The number of benzene rings is 1. The first-order valence-corrected chi connectivity index (χ1v) is 7.42. The van der Waals surface area contributed by atoms with Gasteiger partial charge < -0.3 is 5.11 Å². The molecule has 0 fully saturated rings. The predicted octanol–water partition coefficient (Wildman–Crippen LogP) is 2.04. The highest BCUT2D eigenvalue weighted by Gasteiger charge is 2.18. The zero-order valence-corrected chi connectivity index (χ0v) is 12.4. The first kappa shape index (κ1) is 14.5. The summed E-state index contributed by atoms with van der Waals surface area (Å²) in [6, 6.07) is 5.61. The van der Waals surface area contributed by atoms with Crippen LogP contribution in [-0.2, 0) is 23.6 Å². The predicted molar refractivity (Wildman–Crippen MR) is 76.2 cm³/mol.